The van der Waals surface area contributed by atoms with E-state index in [-0.39, 0.29) is 23.5 Å². The first kappa shape index (κ1) is 20.5. The quantitative estimate of drug-likeness (QED) is 0.631. The number of carboxylic acid groups (broad SMARTS) is 1. The molecule has 1 aliphatic heterocycles. The molecule has 2 fully saturated rings. The Kier molecular flexibility index (Phi) is 5.74. The van der Waals surface area contributed by atoms with Gasteiger partial charge >= 0.3 is 5.97 Å². The van der Waals surface area contributed by atoms with Crippen LogP contribution in [0, 0.1) is 0 Å². The molecule has 8 nitrogen and oxygen atoms in total. The third-order valence-corrected chi connectivity index (χ3v) is 6.75. The van der Waals surface area contributed by atoms with Gasteiger partial charge in [0.15, 0.2) is 0 Å². The molecule has 0 amide bonds. The number of nitrogens with one attached hydrogen (secondary N) is 1. The van der Waals surface area contributed by atoms with E-state index in [4.69, 9.17) is 9.47 Å². The Labute approximate surface area is 174 Å². The first-order valence-electron chi connectivity index (χ1n) is 9.99. The number of aromatic nitrogens is 2. The van der Waals surface area contributed by atoms with Crippen LogP contribution in [0.4, 0.5) is 5.69 Å². The van der Waals surface area contributed by atoms with Gasteiger partial charge in [-0.15, -0.1) is 0 Å². The van der Waals surface area contributed by atoms with Crippen molar-refractivity contribution >= 4 is 29.1 Å². The maximum Gasteiger partial charge on any atom is 0.372 e. The van der Waals surface area contributed by atoms with E-state index < -0.39 is 5.97 Å². The van der Waals surface area contributed by atoms with Crippen LogP contribution in [0.2, 0.25) is 0 Å². The highest BCUT2D eigenvalue weighted by atomic mass is 32.2. The molecule has 0 spiro atoms. The van der Waals surface area contributed by atoms with Gasteiger partial charge in [0.2, 0.25) is 5.82 Å². The van der Waals surface area contributed by atoms with Crippen LogP contribution in [0.5, 0.6) is 0 Å². The Morgan fingerprint density at radius 3 is 2.97 bits per heavy atom. The average molecular weight is 421 g/mol. The first-order chi connectivity index (χ1) is 13.9. The Morgan fingerprint density at radius 2 is 2.31 bits per heavy atom. The van der Waals surface area contributed by atoms with Crippen molar-refractivity contribution in [2.24, 2.45) is 0 Å². The van der Waals surface area contributed by atoms with Gasteiger partial charge in [0.25, 0.3) is 0 Å². The molecule has 2 aromatic rings. The third kappa shape index (κ3) is 4.23. The highest BCUT2D eigenvalue weighted by Crippen LogP contribution is 2.39. The van der Waals surface area contributed by atoms with Gasteiger partial charge in [-0.25, -0.2) is 9.78 Å². The Balaban J connectivity index is 1.74. The van der Waals surface area contributed by atoms with Crippen LogP contribution in [0.15, 0.2) is 23.4 Å². The standard InChI is InChI=1S/C20H28N4O4S/c1-4-13-11-28-14(12-27-3)9-23(13)16-7-15(29-22-20(2)5-6-20)10-24-17(16)8-21-18(24)19(25)26/h7-8,10,13-14,22H,4-6,9,11-12H2,1-3H3,(H,25,26). The second-order valence-electron chi connectivity index (χ2n) is 8.09. The number of carbonyl (C=O) groups is 1. The van der Waals surface area contributed by atoms with Gasteiger partial charge in [0.05, 0.1) is 42.8 Å². The number of methoxy groups -OCH3 is 1. The number of rotatable bonds is 8. The van der Waals surface area contributed by atoms with Gasteiger partial charge in [-0.3, -0.25) is 9.12 Å². The van der Waals surface area contributed by atoms with Crippen molar-refractivity contribution in [2.45, 2.75) is 55.7 Å². The van der Waals surface area contributed by atoms with E-state index in [2.05, 4.69) is 34.5 Å². The lowest BCUT2D eigenvalue weighted by atomic mass is 10.1. The Bertz CT molecular complexity index is 898. The topological polar surface area (TPSA) is 88.3 Å². The zero-order valence-corrected chi connectivity index (χ0v) is 17.9. The molecular formula is C20H28N4O4S. The molecule has 2 aromatic heterocycles. The van der Waals surface area contributed by atoms with Crippen molar-refractivity contribution in [3.63, 3.8) is 0 Å². The number of aromatic carboxylic acids is 1. The molecule has 1 aliphatic carbocycles. The van der Waals surface area contributed by atoms with Crippen LogP contribution in [-0.4, -0.2) is 65.0 Å². The van der Waals surface area contributed by atoms with Crippen LogP contribution in [0.25, 0.3) is 5.52 Å². The number of carboxylic acids is 1. The summed E-state index contributed by atoms with van der Waals surface area (Å²) >= 11 is 1.55. The molecule has 1 saturated carbocycles. The molecule has 0 radical (unpaired) electrons. The van der Waals surface area contributed by atoms with Crippen LogP contribution in [0.3, 0.4) is 0 Å². The molecule has 2 atom stereocenters. The van der Waals surface area contributed by atoms with Crippen molar-refractivity contribution in [3.05, 3.63) is 24.3 Å². The number of ether oxygens (including phenoxy) is 2. The zero-order chi connectivity index (χ0) is 20.6. The number of imidazole rings is 1. The van der Waals surface area contributed by atoms with E-state index >= 15 is 0 Å². The van der Waals surface area contributed by atoms with Crippen LogP contribution in [-0.2, 0) is 9.47 Å². The van der Waals surface area contributed by atoms with Gasteiger partial charge in [-0.2, -0.15) is 0 Å². The average Bonchev–Trinajstić information content (AvgIpc) is 3.29. The van der Waals surface area contributed by atoms with Crippen LogP contribution < -0.4 is 9.62 Å². The number of fused-ring (bicyclic) bond motifs is 1. The summed E-state index contributed by atoms with van der Waals surface area (Å²) in [7, 11) is 1.68. The molecule has 0 bridgehead atoms. The normalized spacial score (nSPS) is 23.5. The zero-order valence-electron chi connectivity index (χ0n) is 17.1. The summed E-state index contributed by atoms with van der Waals surface area (Å²) in [5, 5.41) is 9.59. The maximum atomic E-state index is 11.7. The summed E-state index contributed by atoms with van der Waals surface area (Å²) in [5.41, 5.74) is 1.94. The minimum atomic E-state index is -1.04. The predicted molar refractivity (Wildman–Crippen MR) is 112 cm³/mol. The second kappa shape index (κ2) is 8.14. The molecule has 0 aromatic carbocycles. The minimum absolute atomic E-state index is 0.0236. The summed E-state index contributed by atoms with van der Waals surface area (Å²) in [6.07, 6.45) is 6.72. The highest BCUT2D eigenvalue weighted by molar-refractivity contribution is 7.97. The van der Waals surface area contributed by atoms with E-state index in [1.807, 2.05) is 6.20 Å². The summed E-state index contributed by atoms with van der Waals surface area (Å²) in [4.78, 5) is 19.2. The number of anilines is 1. The van der Waals surface area contributed by atoms with Crippen molar-refractivity contribution in [1.82, 2.24) is 14.1 Å². The lowest BCUT2D eigenvalue weighted by molar-refractivity contribution is -0.0249. The van der Waals surface area contributed by atoms with E-state index in [0.29, 0.717) is 19.8 Å². The number of hydrogen-bond donors (Lipinski definition) is 2. The molecule has 2 aliphatic rings. The van der Waals surface area contributed by atoms with Crippen molar-refractivity contribution in [1.29, 1.82) is 0 Å². The lowest BCUT2D eigenvalue weighted by Gasteiger charge is -2.41. The van der Waals surface area contributed by atoms with Gasteiger partial charge in [0, 0.05) is 30.3 Å². The van der Waals surface area contributed by atoms with E-state index in [1.165, 1.54) is 0 Å². The summed E-state index contributed by atoms with van der Waals surface area (Å²) in [5.74, 6) is -1.01. The SMILES string of the molecule is CCC1COC(COC)CN1c1cc(SNC2(C)CC2)cn2c(C(=O)O)ncc12. The summed E-state index contributed by atoms with van der Waals surface area (Å²) in [6, 6.07) is 2.34. The highest BCUT2D eigenvalue weighted by Gasteiger charge is 2.37. The van der Waals surface area contributed by atoms with E-state index in [0.717, 1.165) is 35.4 Å². The maximum absolute atomic E-state index is 11.7. The second-order valence-corrected chi connectivity index (χ2v) is 8.97. The Morgan fingerprint density at radius 1 is 1.52 bits per heavy atom. The molecule has 3 heterocycles. The molecule has 4 rings (SSSR count). The number of pyridine rings is 1. The van der Waals surface area contributed by atoms with Gasteiger partial charge in [-0.05, 0) is 44.2 Å². The number of hydrogen-bond acceptors (Lipinski definition) is 7. The molecule has 2 N–H and O–H groups in total. The fourth-order valence-electron chi connectivity index (χ4n) is 3.65. The molecule has 29 heavy (non-hydrogen) atoms. The lowest BCUT2D eigenvalue weighted by Crippen LogP contribution is -2.51. The fourth-order valence-corrected chi connectivity index (χ4v) is 4.55. The van der Waals surface area contributed by atoms with Crippen LogP contribution >= 0.6 is 11.9 Å². The van der Waals surface area contributed by atoms with Crippen LogP contribution in [0.1, 0.15) is 43.7 Å². The summed E-state index contributed by atoms with van der Waals surface area (Å²) in [6.45, 7) is 6.17. The largest absolute Gasteiger partial charge is 0.475 e. The molecular weight excluding hydrogens is 392 g/mol. The molecule has 2 unspecified atom stereocenters. The van der Waals surface area contributed by atoms with Gasteiger partial charge < -0.3 is 19.5 Å². The first-order valence-corrected chi connectivity index (χ1v) is 10.8. The van der Waals surface area contributed by atoms with Gasteiger partial charge in [-0.1, -0.05) is 6.92 Å². The monoisotopic (exact) mass is 420 g/mol. The molecule has 1 saturated heterocycles. The molecule has 9 heteroatoms. The fraction of sp³-hybridized carbons (Fsp3) is 0.600. The van der Waals surface area contributed by atoms with E-state index in [1.54, 1.807) is 29.7 Å². The number of nitrogens with zero attached hydrogens (tertiary/aromatic N) is 3. The van der Waals surface area contributed by atoms with Crippen molar-refractivity contribution in [2.75, 3.05) is 31.8 Å². The molecule has 158 valence electrons. The summed E-state index contributed by atoms with van der Waals surface area (Å²) < 4.78 is 16.5. The minimum Gasteiger partial charge on any atom is -0.475 e. The van der Waals surface area contributed by atoms with Gasteiger partial charge in [0.1, 0.15) is 0 Å². The predicted octanol–water partition coefficient (Wildman–Crippen LogP) is 2.81. The Hall–Kier alpha value is -1.81. The third-order valence-electron chi connectivity index (χ3n) is 5.70. The van der Waals surface area contributed by atoms with Crippen molar-refractivity contribution in [3.8, 4) is 0 Å². The van der Waals surface area contributed by atoms with Crippen molar-refractivity contribution < 1.29 is 19.4 Å². The number of morpholine rings is 1. The van der Waals surface area contributed by atoms with E-state index in [9.17, 15) is 9.90 Å². The smallest absolute Gasteiger partial charge is 0.372 e.